The van der Waals surface area contributed by atoms with E-state index in [1.54, 1.807) is 0 Å². The van der Waals surface area contributed by atoms with Gasteiger partial charge in [-0.15, -0.1) is 0 Å². The third kappa shape index (κ3) is 3.52. The van der Waals surface area contributed by atoms with Crippen LogP contribution in [0.1, 0.15) is 24.7 Å². The summed E-state index contributed by atoms with van der Waals surface area (Å²) in [6.45, 7) is 2.88. The van der Waals surface area contributed by atoms with Gasteiger partial charge in [0, 0.05) is 48.5 Å². The van der Waals surface area contributed by atoms with Crippen LogP contribution in [-0.4, -0.2) is 42.1 Å². The first-order valence-corrected chi connectivity index (χ1v) is 10.0. The second-order valence-corrected chi connectivity index (χ2v) is 7.83. The van der Waals surface area contributed by atoms with Crippen LogP contribution in [-0.2, 0) is 0 Å². The fourth-order valence-electron chi connectivity index (χ4n) is 3.57. The van der Waals surface area contributed by atoms with Gasteiger partial charge in [-0.1, -0.05) is 17.7 Å². The molecule has 144 valence electrons. The molecule has 1 saturated heterocycles. The summed E-state index contributed by atoms with van der Waals surface area (Å²) < 4.78 is 5.78. The summed E-state index contributed by atoms with van der Waals surface area (Å²) in [6, 6.07) is 13.4. The summed E-state index contributed by atoms with van der Waals surface area (Å²) in [4.78, 5) is 21.3. The first-order chi connectivity index (χ1) is 13.7. The molecule has 0 bridgehead atoms. The number of aromatic nitrogens is 1. The molecule has 2 fully saturated rings. The zero-order valence-corrected chi connectivity index (χ0v) is 16.2. The van der Waals surface area contributed by atoms with E-state index in [0.717, 1.165) is 59.3 Å². The van der Waals surface area contributed by atoms with E-state index in [2.05, 4.69) is 15.2 Å². The Morgan fingerprint density at radius 3 is 2.68 bits per heavy atom. The van der Waals surface area contributed by atoms with Crippen LogP contribution in [0.4, 0.5) is 16.2 Å². The molecule has 7 heteroatoms. The number of carbonyl (C=O) groups is 1. The van der Waals surface area contributed by atoms with E-state index in [9.17, 15) is 4.79 Å². The van der Waals surface area contributed by atoms with Crippen LogP contribution in [0, 0.1) is 0 Å². The number of halogens is 1. The van der Waals surface area contributed by atoms with Gasteiger partial charge in [-0.2, -0.15) is 0 Å². The lowest BCUT2D eigenvalue weighted by molar-refractivity contribution is 0.208. The van der Waals surface area contributed by atoms with Crippen LogP contribution in [0.2, 0.25) is 5.02 Å². The highest BCUT2D eigenvalue weighted by Gasteiger charge is 2.29. The van der Waals surface area contributed by atoms with Crippen molar-refractivity contribution in [1.82, 2.24) is 9.88 Å². The molecule has 1 aliphatic heterocycles. The predicted molar refractivity (Wildman–Crippen MR) is 110 cm³/mol. The highest BCUT2D eigenvalue weighted by atomic mass is 35.5. The zero-order valence-electron chi connectivity index (χ0n) is 15.4. The van der Waals surface area contributed by atoms with Crippen molar-refractivity contribution >= 4 is 40.1 Å². The van der Waals surface area contributed by atoms with Gasteiger partial charge < -0.3 is 19.5 Å². The quantitative estimate of drug-likeness (QED) is 0.696. The maximum atomic E-state index is 12.7. The minimum Gasteiger partial charge on any atom is -0.440 e. The number of carbonyl (C=O) groups excluding carboxylic acids is 1. The number of rotatable bonds is 3. The number of urea groups is 1. The third-order valence-corrected chi connectivity index (χ3v) is 5.56. The van der Waals surface area contributed by atoms with Gasteiger partial charge in [0.15, 0.2) is 11.5 Å². The molecule has 0 spiro atoms. The Morgan fingerprint density at radius 1 is 1.11 bits per heavy atom. The number of hydrogen-bond acceptors (Lipinski definition) is 4. The molecule has 1 aromatic heterocycles. The summed E-state index contributed by atoms with van der Waals surface area (Å²) >= 11 is 6.08. The monoisotopic (exact) mass is 396 g/mol. The molecule has 2 heterocycles. The molecule has 0 unspecified atom stereocenters. The van der Waals surface area contributed by atoms with Crippen molar-refractivity contribution < 1.29 is 9.21 Å². The van der Waals surface area contributed by atoms with Gasteiger partial charge in [-0.3, -0.25) is 0 Å². The lowest BCUT2D eigenvalue weighted by Gasteiger charge is -2.36. The number of nitrogens with one attached hydrogen (secondary N) is 1. The fraction of sp³-hybridized carbons (Fsp3) is 0.333. The van der Waals surface area contributed by atoms with Crippen molar-refractivity contribution in [3.8, 4) is 0 Å². The zero-order chi connectivity index (χ0) is 19.1. The van der Waals surface area contributed by atoms with Crippen LogP contribution in [0.3, 0.4) is 0 Å². The normalized spacial score (nSPS) is 17.2. The molecule has 2 aromatic carbocycles. The average molecular weight is 397 g/mol. The van der Waals surface area contributed by atoms with Gasteiger partial charge in [-0.05, 0) is 49.2 Å². The Labute approximate surface area is 168 Å². The molecular weight excluding hydrogens is 376 g/mol. The molecule has 0 radical (unpaired) electrons. The Hall–Kier alpha value is -2.73. The summed E-state index contributed by atoms with van der Waals surface area (Å²) in [6.07, 6.45) is 2.30. The van der Waals surface area contributed by atoms with Crippen LogP contribution in [0.5, 0.6) is 0 Å². The molecule has 5 rings (SSSR count). The fourth-order valence-corrected chi connectivity index (χ4v) is 3.76. The number of fused-ring (bicyclic) bond motifs is 1. The molecule has 2 aliphatic rings. The molecule has 2 amide bonds. The van der Waals surface area contributed by atoms with E-state index in [4.69, 9.17) is 16.0 Å². The number of nitrogens with zero attached hydrogens (tertiary/aromatic N) is 3. The minimum absolute atomic E-state index is 0.0870. The first kappa shape index (κ1) is 17.4. The lowest BCUT2D eigenvalue weighted by Crippen LogP contribution is -2.50. The summed E-state index contributed by atoms with van der Waals surface area (Å²) in [5, 5.41) is 3.71. The minimum atomic E-state index is -0.0870. The first-order valence-electron chi connectivity index (χ1n) is 9.63. The molecule has 1 aliphatic carbocycles. The van der Waals surface area contributed by atoms with Gasteiger partial charge in [0.05, 0.1) is 0 Å². The van der Waals surface area contributed by atoms with Gasteiger partial charge in [0.2, 0.25) is 0 Å². The summed E-state index contributed by atoms with van der Waals surface area (Å²) in [5.41, 5.74) is 3.40. The van der Waals surface area contributed by atoms with Crippen LogP contribution in [0.15, 0.2) is 46.9 Å². The average Bonchev–Trinajstić information content (AvgIpc) is 3.47. The lowest BCUT2D eigenvalue weighted by atomic mass is 10.2. The summed E-state index contributed by atoms with van der Waals surface area (Å²) in [5.74, 6) is 1.29. The molecule has 1 saturated carbocycles. The second-order valence-electron chi connectivity index (χ2n) is 7.39. The van der Waals surface area contributed by atoms with E-state index >= 15 is 0 Å². The number of oxazole rings is 1. The van der Waals surface area contributed by atoms with Gasteiger partial charge in [0.25, 0.3) is 0 Å². The Balaban J connectivity index is 1.22. The van der Waals surface area contributed by atoms with Crippen LogP contribution in [0.25, 0.3) is 11.1 Å². The van der Waals surface area contributed by atoms with E-state index < -0.39 is 0 Å². The number of amides is 2. The van der Waals surface area contributed by atoms with E-state index in [1.807, 2.05) is 47.4 Å². The van der Waals surface area contributed by atoms with Crippen molar-refractivity contribution in [2.24, 2.45) is 0 Å². The number of hydrogen-bond donors (Lipinski definition) is 1. The smallest absolute Gasteiger partial charge is 0.321 e. The van der Waals surface area contributed by atoms with Gasteiger partial charge >= 0.3 is 6.03 Å². The van der Waals surface area contributed by atoms with Crippen LogP contribution < -0.4 is 10.2 Å². The highest BCUT2D eigenvalue weighted by molar-refractivity contribution is 6.30. The van der Waals surface area contributed by atoms with Crippen molar-refractivity contribution in [3.05, 3.63) is 53.4 Å². The van der Waals surface area contributed by atoms with Crippen LogP contribution >= 0.6 is 11.6 Å². The Kier molecular flexibility index (Phi) is 4.36. The molecule has 6 nitrogen and oxygen atoms in total. The molecular formula is C21H21ClN4O2. The third-order valence-electron chi connectivity index (χ3n) is 5.32. The number of anilines is 2. The molecule has 3 aromatic rings. The number of benzene rings is 2. The maximum absolute atomic E-state index is 12.7. The van der Waals surface area contributed by atoms with Crippen molar-refractivity contribution in [2.75, 3.05) is 36.4 Å². The Bertz CT molecular complexity index is 1020. The maximum Gasteiger partial charge on any atom is 0.321 e. The van der Waals surface area contributed by atoms with E-state index in [-0.39, 0.29) is 6.03 Å². The second kappa shape index (κ2) is 7.02. The van der Waals surface area contributed by atoms with Gasteiger partial charge in [-0.25, -0.2) is 9.78 Å². The van der Waals surface area contributed by atoms with Crippen molar-refractivity contribution in [1.29, 1.82) is 0 Å². The molecule has 0 atom stereocenters. The molecule has 28 heavy (non-hydrogen) atoms. The predicted octanol–water partition coefficient (Wildman–Crippen LogP) is 4.71. The van der Waals surface area contributed by atoms with Crippen molar-refractivity contribution in [2.45, 2.75) is 18.8 Å². The van der Waals surface area contributed by atoms with E-state index in [0.29, 0.717) is 19.0 Å². The van der Waals surface area contributed by atoms with Gasteiger partial charge in [0.1, 0.15) is 5.52 Å². The highest BCUT2D eigenvalue weighted by Crippen LogP contribution is 2.40. The van der Waals surface area contributed by atoms with Crippen molar-refractivity contribution in [3.63, 3.8) is 0 Å². The Morgan fingerprint density at radius 2 is 1.93 bits per heavy atom. The topological polar surface area (TPSA) is 61.6 Å². The number of piperazine rings is 1. The molecule has 1 N–H and O–H groups in total. The SMILES string of the molecule is O=C(Nc1ccc2oc(C3CC3)nc2c1)N1CCN(c2cccc(Cl)c2)CC1. The summed E-state index contributed by atoms with van der Waals surface area (Å²) in [7, 11) is 0. The van der Waals surface area contributed by atoms with E-state index in [1.165, 1.54) is 0 Å². The largest absolute Gasteiger partial charge is 0.440 e. The standard InChI is InChI=1S/C21H21ClN4O2/c22-15-2-1-3-17(12-15)25-8-10-26(11-9-25)21(27)23-16-6-7-19-18(13-16)24-20(28-19)14-4-5-14/h1-3,6-7,12-14H,4-5,8-11H2,(H,23,27).